The maximum absolute atomic E-state index is 12.9. The van der Waals surface area contributed by atoms with E-state index in [9.17, 15) is 9.59 Å². The molecule has 3 aromatic carbocycles. The summed E-state index contributed by atoms with van der Waals surface area (Å²) >= 11 is 5.96. The van der Waals surface area contributed by atoms with Crippen molar-refractivity contribution in [3.8, 4) is 11.5 Å². The van der Waals surface area contributed by atoms with Crippen LogP contribution in [0.5, 0.6) is 11.5 Å². The van der Waals surface area contributed by atoms with E-state index in [2.05, 4.69) is 15.8 Å². The van der Waals surface area contributed by atoms with Crippen molar-refractivity contribution in [1.29, 1.82) is 0 Å². The van der Waals surface area contributed by atoms with Crippen LogP contribution in [0, 0.1) is 0 Å². The predicted molar refractivity (Wildman–Crippen MR) is 129 cm³/mol. The molecule has 168 valence electrons. The van der Waals surface area contributed by atoms with E-state index >= 15 is 0 Å². The first kappa shape index (κ1) is 23.6. The number of methoxy groups -OCH3 is 2. The van der Waals surface area contributed by atoms with Crippen molar-refractivity contribution < 1.29 is 19.1 Å². The Kier molecular flexibility index (Phi) is 8.21. The first-order valence-electron chi connectivity index (χ1n) is 9.89. The van der Waals surface area contributed by atoms with Crippen LogP contribution in [0.25, 0.3) is 6.08 Å². The minimum Gasteiger partial charge on any atom is -0.493 e. The van der Waals surface area contributed by atoms with Crippen molar-refractivity contribution >= 4 is 35.7 Å². The van der Waals surface area contributed by atoms with Crippen LogP contribution in [0.4, 0.5) is 0 Å². The third-order valence-corrected chi connectivity index (χ3v) is 4.71. The number of halogens is 1. The molecule has 0 fully saturated rings. The van der Waals surface area contributed by atoms with Crippen LogP contribution in [-0.2, 0) is 4.79 Å². The van der Waals surface area contributed by atoms with E-state index < -0.39 is 11.8 Å². The smallest absolute Gasteiger partial charge is 0.287 e. The number of rotatable bonds is 8. The van der Waals surface area contributed by atoms with Gasteiger partial charge in [0.15, 0.2) is 11.5 Å². The molecule has 2 amide bonds. The van der Waals surface area contributed by atoms with Crippen LogP contribution in [0.2, 0.25) is 5.02 Å². The number of hydrogen-bond donors (Lipinski definition) is 2. The Morgan fingerprint density at radius 1 is 0.879 bits per heavy atom. The van der Waals surface area contributed by atoms with Crippen molar-refractivity contribution in [3.05, 3.63) is 100 Å². The summed E-state index contributed by atoms with van der Waals surface area (Å²) in [6, 6.07) is 20.7. The van der Waals surface area contributed by atoms with Gasteiger partial charge in [0.2, 0.25) is 0 Å². The first-order valence-corrected chi connectivity index (χ1v) is 10.3. The summed E-state index contributed by atoms with van der Waals surface area (Å²) < 4.78 is 10.6. The highest BCUT2D eigenvalue weighted by molar-refractivity contribution is 6.30. The molecule has 0 aromatic heterocycles. The molecule has 0 aliphatic carbocycles. The molecule has 0 spiro atoms. The zero-order chi connectivity index (χ0) is 23.6. The maximum Gasteiger partial charge on any atom is 0.287 e. The standard InChI is InChI=1S/C25H22ClN3O4/c1-32-22-12-11-17(15-23(22)33-2)14-21(28-24(30)19-8-4-3-5-9-19)25(31)29-27-16-18-7-6-10-20(26)13-18/h3-16H,1-2H3,(H,28,30)(H,29,31). The van der Waals surface area contributed by atoms with Gasteiger partial charge in [-0.2, -0.15) is 5.10 Å². The second-order valence-electron chi connectivity index (χ2n) is 6.75. The molecule has 3 aromatic rings. The van der Waals surface area contributed by atoms with Gasteiger partial charge in [-0.3, -0.25) is 9.59 Å². The maximum atomic E-state index is 12.9. The van der Waals surface area contributed by atoms with E-state index in [1.807, 2.05) is 0 Å². The van der Waals surface area contributed by atoms with Gasteiger partial charge in [-0.25, -0.2) is 5.43 Å². The number of benzene rings is 3. The van der Waals surface area contributed by atoms with E-state index in [0.29, 0.717) is 33.2 Å². The lowest BCUT2D eigenvalue weighted by Crippen LogP contribution is -2.32. The van der Waals surface area contributed by atoms with Gasteiger partial charge in [0.1, 0.15) is 5.70 Å². The van der Waals surface area contributed by atoms with E-state index in [0.717, 1.165) is 0 Å². The molecular weight excluding hydrogens is 442 g/mol. The molecule has 3 rings (SSSR count). The highest BCUT2D eigenvalue weighted by Crippen LogP contribution is 2.28. The molecule has 0 unspecified atom stereocenters. The second-order valence-corrected chi connectivity index (χ2v) is 7.18. The topological polar surface area (TPSA) is 89.0 Å². The number of carbonyl (C=O) groups is 2. The lowest BCUT2D eigenvalue weighted by Gasteiger charge is -2.11. The minimum absolute atomic E-state index is 0.000632. The van der Waals surface area contributed by atoms with Gasteiger partial charge in [0, 0.05) is 10.6 Å². The number of carbonyl (C=O) groups excluding carboxylic acids is 2. The molecule has 2 N–H and O–H groups in total. The number of hydrogen-bond acceptors (Lipinski definition) is 5. The van der Waals surface area contributed by atoms with E-state index in [-0.39, 0.29) is 5.70 Å². The molecule has 8 heteroatoms. The number of amides is 2. The highest BCUT2D eigenvalue weighted by Gasteiger charge is 2.15. The lowest BCUT2D eigenvalue weighted by molar-refractivity contribution is -0.117. The van der Waals surface area contributed by atoms with Gasteiger partial charge in [-0.1, -0.05) is 48.0 Å². The number of nitrogens with one attached hydrogen (secondary N) is 2. The van der Waals surface area contributed by atoms with Crippen LogP contribution in [0.15, 0.2) is 83.6 Å². The second kappa shape index (κ2) is 11.5. The summed E-state index contributed by atoms with van der Waals surface area (Å²) in [4.78, 5) is 25.5. The fourth-order valence-electron chi connectivity index (χ4n) is 2.86. The third kappa shape index (κ3) is 6.69. The average Bonchev–Trinajstić information content (AvgIpc) is 2.84. The molecule has 0 atom stereocenters. The van der Waals surface area contributed by atoms with Crippen LogP contribution < -0.4 is 20.2 Å². The fourth-order valence-corrected chi connectivity index (χ4v) is 3.06. The third-order valence-electron chi connectivity index (χ3n) is 4.48. The van der Waals surface area contributed by atoms with Gasteiger partial charge in [0.05, 0.1) is 20.4 Å². The minimum atomic E-state index is -0.604. The Bertz CT molecular complexity index is 1190. The summed E-state index contributed by atoms with van der Waals surface area (Å²) in [7, 11) is 3.05. The molecule has 0 saturated carbocycles. The average molecular weight is 464 g/mol. The van der Waals surface area contributed by atoms with Crippen LogP contribution in [-0.4, -0.2) is 32.2 Å². The molecule has 0 aliphatic heterocycles. The van der Waals surface area contributed by atoms with Crippen LogP contribution >= 0.6 is 11.6 Å². The molecule has 0 aliphatic rings. The fraction of sp³-hybridized carbons (Fsp3) is 0.0800. The highest BCUT2D eigenvalue weighted by atomic mass is 35.5. The molecule has 0 heterocycles. The van der Waals surface area contributed by atoms with E-state index in [1.54, 1.807) is 72.8 Å². The summed E-state index contributed by atoms with van der Waals surface area (Å²) in [6.07, 6.45) is 2.98. The number of nitrogens with zero attached hydrogens (tertiary/aromatic N) is 1. The van der Waals surface area contributed by atoms with Crippen molar-refractivity contribution in [2.45, 2.75) is 0 Å². The van der Waals surface area contributed by atoms with Crippen molar-refractivity contribution in [2.75, 3.05) is 14.2 Å². The van der Waals surface area contributed by atoms with Gasteiger partial charge in [-0.05, 0) is 53.6 Å². The monoisotopic (exact) mass is 463 g/mol. The van der Waals surface area contributed by atoms with Crippen LogP contribution in [0.1, 0.15) is 21.5 Å². The molecule has 0 saturated heterocycles. The molecule has 0 bridgehead atoms. The van der Waals surface area contributed by atoms with E-state index in [1.165, 1.54) is 26.5 Å². The predicted octanol–water partition coefficient (Wildman–Crippen LogP) is 4.28. The van der Waals surface area contributed by atoms with Gasteiger partial charge < -0.3 is 14.8 Å². The van der Waals surface area contributed by atoms with Gasteiger partial charge >= 0.3 is 0 Å². The molecule has 7 nitrogen and oxygen atoms in total. The normalized spacial score (nSPS) is 11.2. The van der Waals surface area contributed by atoms with Crippen molar-refractivity contribution in [1.82, 2.24) is 10.7 Å². The lowest BCUT2D eigenvalue weighted by atomic mass is 10.1. The zero-order valence-corrected chi connectivity index (χ0v) is 18.8. The van der Waals surface area contributed by atoms with Gasteiger partial charge in [0.25, 0.3) is 11.8 Å². The summed E-state index contributed by atoms with van der Waals surface area (Å²) in [6.45, 7) is 0. The van der Waals surface area contributed by atoms with Crippen molar-refractivity contribution in [2.24, 2.45) is 5.10 Å². The molecular formula is C25H22ClN3O4. The summed E-state index contributed by atoms with van der Waals surface area (Å²) in [5.74, 6) is -0.0110. The first-order chi connectivity index (χ1) is 16.0. The van der Waals surface area contributed by atoms with Crippen LogP contribution in [0.3, 0.4) is 0 Å². The largest absolute Gasteiger partial charge is 0.493 e. The quantitative estimate of drug-likeness (QED) is 0.296. The van der Waals surface area contributed by atoms with Gasteiger partial charge in [-0.15, -0.1) is 0 Å². The Balaban J connectivity index is 1.86. The summed E-state index contributed by atoms with van der Waals surface area (Å²) in [5.41, 5.74) is 4.16. The number of ether oxygens (including phenoxy) is 2. The zero-order valence-electron chi connectivity index (χ0n) is 18.0. The molecule has 33 heavy (non-hydrogen) atoms. The Hall–Kier alpha value is -4.10. The Morgan fingerprint density at radius 2 is 1.64 bits per heavy atom. The molecule has 0 radical (unpaired) electrons. The van der Waals surface area contributed by atoms with Crippen molar-refractivity contribution in [3.63, 3.8) is 0 Å². The van der Waals surface area contributed by atoms with E-state index in [4.69, 9.17) is 21.1 Å². The Morgan fingerprint density at radius 3 is 2.33 bits per heavy atom. The summed E-state index contributed by atoms with van der Waals surface area (Å²) in [5, 5.41) is 7.17. The SMILES string of the molecule is COc1ccc(C=C(NC(=O)c2ccccc2)C(=O)NN=Cc2cccc(Cl)c2)cc1OC. The Labute approximate surface area is 196 Å². The number of hydrazone groups is 1.